The van der Waals surface area contributed by atoms with Gasteiger partial charge in [-0.2, -0.15) is 14.0 Å². The van der Waals surface area contributed by atoms with Crippen LogP contribution in [0.4, 0.5) is 17.1 Å². The largest absolute Gasteiger partial charge is 0.366 e. The number of nitrogens with zero attached hydrogens (tertiary/aromatic N) is 4. The summed E-state index contributed by atoms with van der Waals surface area (Å²) in [4.78, 5) is 23.3. The zero-order valence-electron chi connectivity index (χ0n) is 25.6. The van der Waals surface area contributed by atoms with Crippen molar-refractivity contribution in [2.24, 2.45) is 0 Å². The number of rotatable bonds is 8. The Kier molecular flexibility index (Phi) is 8.59. The third-order valence-corrected chi connectivity index (χ3v) is 10.7. The van der Waals surface area contributed by atoms with Gasteiger partial charge in [0, 0.05) is 37.9 Å². The number of para-hydroxylation sites is 2. The summed E-state index contributed by atoms with van der Waals surface area (Å²) >= 11 is 2.89. The molecule has 0 saturated heterocycles. The number of benzene rings is 5. The Bertz CT molecular complexity index is 2320. The number of aromatic nitrogens is 2. The Morgan fingerprint density at radius 2 is 1.29 bits per heavy atom. The molecule has 10 heteroatoms. The van der Waals surface area contributed by atoms with Crippen LogP contribution in [0.3, 0.4) is 0 Å². The molecule has 0 aliphatic heterocycles. The van der Waals surface area contributed by atoms with E-state index < -0.39 is 12.9 Å². The van der Waals surface area contributed by atoms with Gasteiger partial charge in [-0.15, -0.1) is 11.3 Å². The summed E-state index contributed by atoms with van der Waals surface area (Å²) in [5.41, 5.74) is 10.5. The first-order chi connectivity index (χ1) is 23.3. The van der Waals surface area contributed by atoms with Crippen molar-refractivity contribution in [3.05, 3.63) is 144 Å². The summed E-state index contributed by atoms with van der Waals surface area (Å²) in [6.45, 7) is 2.13. The number of hydrogen-bond donors (Lipinski definition) is 2. The van der Waals surface area contributed by atoms with E-state index in [0.717, 1.165) is 67.0 Å². The Hall–Kier alpha value is -5.20. The van der Waals surface area contributed by atoms with Crippen molar-refractivity contribution in [2.75, 3.05) is 4.90 Å². The van der Waals surface area contributed by atoms with Gasteiger partial charge in [0.1, 0.15) is 22.4 Å². The lowest BCUT2D eigenvalue weighted by molar-refractivity contribution is 0.384. The maximum atomic E-state index is 11.5. The van der Waals surface area contributed by atoms with Gasteiger partial charge in [-0.3, -0.25) is 4.57 Å². The van der Waals surface area contributed by atoms with E-state index in [-0.39, 0.29) is 0 Å². The maximum absolute atomic E-state index is 11.5. The highest BCUT2D eigenvalue weighted by atomic mass is 32.1. The number of thiophene rings is 1. The molecule has 7 rings (SSSR count). The molecule has 5 aromatic carbocycles. The van der Waals surface area contributed by atoms with Gasteiger partial charge in [0.15, 0.2) is 0 Å². The molecule has 0 amide bonds. The second-order valence-corrected chi connectivity index (χ2v) is 14.3. The summed E-state index contributed by atoms with van der Waals surface area (Å²) in [5.74, 6) is 0. The highest BCUT2D eigenvalue weighted by Crippen LogP contribution is 2.46. The standard InChI is InChI=1S/C38H27N4O3PS2/c1-25-22-35(47-38(25)28-16-18-31(19-17-28)42(29-8-4-2-5-9-29)30-10-6-3-7-11-30)34-21-20-33(36-37(34)41-48-40-36)27-14-12-26(13-15-27)23-32(24-39)46(43,44)45/h2-23H,1H3,(H2,43,44,45). The van der Waals surface area contributed by atoms with E-state index in [1.165, 1.54) is 16.5 Å². The number of fused-ring (bicyclic) bond motifs is 1. The molecular formula is C38H27N4O3PS2. The summed E-state index contributed by atoms with van der Waals surface area (Å²) < 4.78 is 20.9. The molecule has 0 fully saturated rings. The van der Waals surface area contributed by atoms with Crippen LogP contribution in [0.2, 0.25) is 0 Å². The average Bonchev–Trinajstić information content (AvgIpc) is 3.75. The SMILES string of the molecule is Cc1cc(-c2ccc(-c3ccc(C=C(C#N)P(=O)(O)O)cc3)c3nsnc23)sc1-c1ccc(N(c2ccccc2)c2ccccc2)cc1. The second-order valence-electron chi connectivity index (χ2n) is 11.1. The van der Waals surface area contributed by atoms with Crippen LogP contribution in [0.5, 0.6) is 0 Å². The van der Waals surface area contributed by atoms with E-state index in [9.17, 15) is 14.4 Å². The summed E-state index contributed by atoms with van der Waals surface area (Å²) in [7, 11) is -4.64. The lowest BCUT2D eigenvalue weighted by Crippen LogP contribution is -2.09. The van der Waals surface area contributed by atoms with Crippen molar-refractivity contribution in [1.82, 2.24) is 8.75 Å². The zero-order chi connectivity index (χ0) is 33.3. The smallest absolute Gasteiger partial charge is 0.321 e. The Morgan fingerprint density at radius 1 is 0.750 bits per heavy atom. The molecule has 0 unspecified atom stereocenters. The molecule has 2 heterocycles. The van der Waals surface area contributed by atoms with Crippen LogP contribution >= 0.6 is 30.7 Å². The van der Waals surface area contributed by atoms with Crippen LogP contribution < -0.4 is 4.90 Å². The van der Waals surface area contributed by atoms with Crippen molar-refractivity contribution >= 4 is 64.8 Å². The van der Waals surface area contributed by atoms with Crippen molar-refractivity contribution in [1.29, 1.82) is 5.26 Å². The van der Waals surface area contributed by atoms with Crippen LogP contribution in [-0.2, 0) is 4.57 Å². The molecule has 0 aliphatic carbocycles. The summed E-state index contributed by atoms with van der Waals surface area (Å²) in [6.07, 6.45) is 1.21. The molecular weight excluding hydrogens is 656 g/mol. The second kappa shape index (κ2) is 13.1. The van der Waals surface area contributed by atoms with Crippen LogP contribution in [0.25, 0.3) is 49.1 Å². The minimum atomic E-state index is -4.64. The van der Waals surface area contributed by atoms with E-state index in [4.69, 9.17) is 5.26 Å². The monoisotopic (exact) mass is 682 g/mol. The molecule has 0 spiro atoms. The van der Waals surface area contributed by atoms with Crippen LogP contribution in [0, 0.1) is 18.3 Å². The van der Waals surface area contributed by atoms with Gasteiger partial charge in [-0.1, -0.05) is 84.9 Å². The molecule has 0 radical (unpaired) electrons. The van der Waals surface area contributed by atoms with Crippen LogP contribution in [-0.4, -0.2) is 18.5 Å². The molecule has 2 aromatic heterocycles. The van der Waals surface area contributed by atoms with Crippen molar-refractivity contribution in [3.8, 4) is 38.1 Å². The van der Waals surface area contributed by atoms with E-state index in [1.54, 1.807) is 29.5 Å². The predicted molar refractivity (Wildman–Crippen MR) is 197 cm³/mol. The van der Waals surface area contributed by atoms with E-state index in [1.807, 2.05) is 30.3 Å². The number of hydrogen-bond acceptors (Lipinski definition) is 7. The van der Waals surface area contributed by atoms with Gasteiger partial charge in [0.2, 0.25) is 0 Å². The number of aryl methyl sites for hydroxylation is 1. The highest BCUT2D eigenvalue weighted by molar-refractivity contribution is 7.57. The summed E-state index contributed by atoms with van der Waals surface area (Å²) in [5, 5.41) is 8.56. The van der Waals surface area contributed by atoms with E-state index in [2.05, 4.69) is 105 Å². The first kappa shape index (κ1) is 31.4. The molecule has 2 N–H and O–H groups in total. The average molecular weight is 683 g/mol. The van der Waals surface area contributed by atoms with Gasteiger partial charge in [-0.25, -0.2) is 0 Å². The molecule has 0 atom stereocenters. The fraction of sp³-hybridized carbons (Fsp3) is 0.0263. The number of anilines is 3. The number of allylic oxidation sites excluding steroid dienone is 1. The van der Waals surface area contributed by atoms with Gasteiger partial charge >= 0.3 is 7.60 Å². The fourth-order valence-corrected chi connectivity index (χ4v) is 7.89. The molecule has 0 aliphatic rings. The lowest BCUT2D eigenvalue weighted by atomic mass is 9.99. The van der Waals surface area contributed by atoms with Gasteiger partial charge in [0.25, 0.3) is 0 Å². The van der Waals surface area contributed by atoms with Crippen molar-refractivity contribution < 1.29 is 14.4 Å². The van der Waals surface area contributed by atoms with Gasteiger partial charge in [-0.05, 0) is 77.7 Å². The first-order valence-corrected chi connectivity index (χ1v) is 18.1. The maximum Gasteiger partial charge on any atom is 0.366 e. The normalized spacial score (nSPS) is 11.8. The third-order valence-electron chi connectivity index (χ3n) is 7.97. The van der Waals surface area contributed by atoms with Crippen molar-refractivity contribution in [2.45, 2.75) is 6.92 Å². The molecule has 48 heavy (non-hydrogen) atoms. The zero-order valence-corrected chi connectivity index (χ0v) is 28.1. The predicted octanol–water partition coefficient (Wildman–Crippen LogP) is 10.6. The minimum absolute atomic E-state index is 0.519. The van der Waals surface area contributed by atoms with E-state index in [0.29, 0.717) is 5.56 Å². The highest BCUT2D eigenvalue weighted by Gasteiger charge is 2.21. The first-order valence-electron chi connectivity index (χ1n) is 15.0. The minimum Gasteiger partial charge on any atom is -0.321 e. The number of nitriles is 1. The van der Waals surface area contributed by atoms with Gasteiger partial charge in [0.05, 0.1) is 11.7 Å². The molecule has 234 valence electrons. The topological polar surface area (TPSA) is 110 Å². The molecule has 7 nitrogen and oxygen atoms in total. The Balaban J connectivity index is 1.19. The molecule has 7 aromatic rings. The summed E-state index contributed by atoms with van der Waals surface area (Å²) in [6, 6.07) is 44.5. The van der Waals surface area contributed by atoms with Crippen LogP contribution in [0.1, 0.15) is 11.1 Å². The van der Waals surface area contributed by atoms with Gasteiger partial charge < -0.3 is 14.7 Å². The molecule has 0 bridgehead atoms. The Morgan fingerprint density at radius 3 is 1.88 bits per heavy atom. The fourth-order valence-electron chi connectivity index (χ4n) is 5.66. The molecule has 0 saturated carbocycles. The Labute approximate surface area is 285 Å². The van der Waals surface area contributed by atoms with Crippen molar-refractivity contribution in [3.63, 3.8) is 0 Å². The quantitative estimate of drug-likeness (QED) is 0.121. The van der Waals surface area contributed by atoms with E-state index >= 15 is 0 Å². The van der Waals surface area contributed by atoms with Crippen LogP contribution in [0.15, 0.2) is 133 Å². The third kappa shape index (κ3) is 6.24. The lowest BCUT2D eigenvalue weighted by Gasteiger charge is -2.25.